The summed E-state index contributed by atoms with van der Waals surface area (Å²) >= 11 is 0. The van der Waals surface area contributed by atoms with Crippen molar-refractivity contribution in [2.75, 3.05) is 0 Å². The van der Waals surface area contributed by atoms with E-state index in [1.54, 1.807) is 0 Å². The Morgan fingerprint density at radius 2 is 1.39 bits per heavy atom. The first-order chi connectivity index (χ1) is 8.66. The molecule has 0 aliphatic carbocycles. The summed E-state index contributed by atoms with van der Waals surface area (Å²) in [7, 11) is 0. The third-order valence-electron chi connectivity index (χ3n) is 3.07. The highest BCUT2D eigenvalue weighted by atomic mass is 14.7. The second-order valence-electron chi connectivity index (χ2n) is 4.81. The van der Waals surface area contributed by atoms with Crippen LogP contribution in [0.4, 0.5) is 0 Å². The van der Waals surface area contributed by atoms with E-state index in [9.17, 15) is 0 Å². The molecule has 0 aliphatic rings. The lowest BCUT2D eigenvalue weighted by atomic mass is 9.98. The summed E-state index contributed by atoms with van der Waals surface area (Å²) in [4.78, 5) is 0. The number of benzene rings is 2. The summed E-state index contributed by atoms with van der Waals surface area (Å²) in [6, 6.07) is 18.9. The van der Waals surface area contributed by atoms with Crippen molar-refractivity contribution in [1.29, 1.82) is 0 Å². The SMILES string of the molecule is CC(N)CC(N)c1ccc(-c2ccccc2)cc1. The monoisotopic (exact) mass is 240 g/mol. The Balaban J connectivity index is 2.15. The maximum absolute atomic E-state index is 6.10. The standard InChI is InChI=1S/C16H20N2/c1-12(17)11-16(18)15-9-7-14(8-10-15)13-5-3-2-4-6-13/h2-10,12,16H,11,17-18H2,1H3. The topological polar surface area (TPSA) is 52.0 Å². The smallest absolute Gasteiger partial charge is 0.0309 e. The lowest BCUT2D eigenvalue weighted by Gasteiger charge is -2.14. The molecule has 0 heterocycles. The Morgan fingerprint density at radius 3 is 1.94 bits per heavy atom. The molecule has 0 aliphatic heterocycles. The summed E-state index contributed by atoms with van der Waals surface area (Å²) in [6.07, 6.45) is 0.810. The largest absolute Gasteiger partial charge is 0.328 e. The van der Waals surface area contributed by atoms with Gasteiger partial charge in [-0.1, -0.05) is 54.6 Å². The summed E-state index contributed by atoms with van der Waals surface area (Å²) in [5.74, 6) is 0. The van der Waals surface area contributed by atoms with Crippen LogP contribution >= 0.6 is 0 Å². The number of hydrogen-bond acceptors (Lipinski definition) is 2. The van der Waals surface area contributed by atoms with Gasteiger partial charge in [-0.3, -0.25) is 0 Å². The first-order valence-electron chi connectivity index (χ1n) is 6.33. The molecule has 0 spiro atoms. The first kappa shape index (κ1) is 12.8. The third-order valence-corrected chi connectivity index (χ3v) is 3.07. The number of hydrogen-bond donors (Lipinski definition) is 2. The number of rotatable bonds is 4. The molecule has 0 saturated heterocycles. The molecular formula is C16H20N2. The average molecular weight is 240 g/mol. The van der Waals surface area contributed by atoms with E-state index in [1.165, 1.54) is 11.1 Å². The van der Waals surface area contributed by atoms with Gasteiger partial charge in [-0.25, -0.2) is 0 Å². The van der Waals surface area contributed by atoms with E-state index in [-0.39, 0.29) is 12.1 Å². The fourth-order valence-corrected chi connectivity index (χ4v) is 2.09. The maximum atomic E-state index is 6.10. The van der Waals surface area contributed by atoms with Crippen LogP contribution in [-0.4, -0.2) is 6.04 Å². The fourth-order valence-electron chi connectivity index (χ4n) is 2.09. The van der Waals surface area contributed by atoms with E-state index < -0.39 is 0 Å². The van der Waals surface area contributed by atoms with Gasteiger partial charge in [0.1, 0.15) is 0 Å². The Kier molecular flexibility index (Phi) is 4.13. The third kappa shape index (κ3) is 3.19. The lowest BCUT2D eigenvalue weighted by molar-refractivity contribution is 0.568. The van der Waals surface area contributed by atoms with Gasteiger partial charge in [0.15, 0.2) is 0 Å². The summed E-state index contributed by atoms with van der Waals surface area (Å²) in [6.45, 7) is 1.98. The molecule has 2 aromatic rings. The van der Waals surface area contributed by atoms with E-state index in [4.69, 9.17) is 11.5 Å². The minimum Gasteiger partial charge on any atom is -0.328 e. The van der Waals surface area contributed by atoms with E-state index in [0.29, 0.717) is 0 Å². The molecule has 0 saturated carbocycles. The zero-order chi connectivity index (χ0) is 13.0. The van der Waals surface area contributed by atoms with Gasteiger partial charge in [0.2, 0.25) is 0 Å². The molecule has 0 aromatic heterocycles. The van der Waals surface area contributed by atoms with Gasteiger partial charge in [-0.15, -0.1) is 0 Å². The zero-order valence-corrected chi connectivity index (χ0v) is 10.7. The van der Waals surface area contributed by atoms with Gasteiger partial charge in [0.25, 0.3) is 0 Å². The summed E-state index contributed by atoms with van der Waals surface area (Å²) < 4.78 is 0. The van der Waals surface area contributed by atoms with Crippen molar-refractivity contribution in [2.24, 2.45) is 11.5 Å². The molecule has 2 rings (SSSR count). The van der Waals surface area contributed by atoms with E-state index in [0.717, 1.165) is 12.0 Å². The van der Waals surface area contributed by atoms with Gasteiger partial charge >= 0.3 is 0 Å². The fraction of sp³-hybridized carbons (Fsp3) is 0.250. The van der Waals surface area contributed by atoms with Crippen molar-refractivity contribution < 1.29 is 0 Å². The van der Waals surface area contributed by atoms with Crippen molar-refractivity contribution >= 4 is 0 Å². The van der Waals surface area contributed by atoms with Crippen LogP contribution in [0.3, 0.4) is 0 Å². The van der Waals surface area contributed by atoms with Gasteiger partial charge in [-0.05, 0) is 30.0 Å². The second-order valence-corrected chi connectivity index (χ2v) is 4.81. The molecule has 2 unspecified atom stereocenters. The number of nitrogens with two attached hydrogens (primary N) is 2. The Labute approximate surface area is 109 Å². The quantitative estimate of drug-likeness (QED) is 0.862. The van der Waals surface area contributed by atoms with Gasteiger partial charge in [-0.2, -0.15) is 0 Å². The molecule has 4 N–H and O–H groups in total. The van der Waals surface area contributed by atoms with Crippen LogP contribution in [0, 0.1) is 0 Å². The predicted molar refractivity (Wildman–Crippen MR) is 77.1 cm³/mol. The molecule has 2 aromatic carbocycles. The van der Waals surface area contributed by atoms with Crippen LogP contribution in [0.1, 0.15) is 24.9 Å². The predicted octanol–water partition coefficient (Wildman–Crippen LogP) is 3.09. The second kappa shape index (κ2) is 5.80. The molecule has 2 heteroatoms. The molecule has 0 bridgehead atoms. The van der Waals surface area contributed by atoms with E-state index in [1.807, 2.05) is 25.1 Å². The zero-order valence-electron chi connectivity index (χ0n) is 10.7. The Hall–Kier alpha value is -1.64. The lowest BCUT2D eigenvalue weighted by Crippen LogP contribution is -2.23. The molecular weight excluding hydrogens is 220 g/mol. The van der Waals surface area contributed by atoms with Crippen LogP contribution in [0.5, 0.6) is 0 Å². The van der Waals surface area contributed by atoms with Gasteiger partial charge < -0.3 is 11.5 Å². The van der Waals surface area contributed by atoms with Crippen LogP contribution < -0.4 is 11.5 Å². The highest BCUT2D eigenvalue weighted by Crippen LogP contribution is 2.22. The molecule has 2 nitrogen and oxygen atoms in total. The van der Waals surface area contributed by atoms with E-state index in [2.05, 4.69) is 36.4 Å². The summed E-state index contributed by atoms with van der Waals surface area (Å²) in [5.41, 5.74) is 15.5. The van der Waals surface area contributed by atoms with Crippen molar-refractivity contribution in [3.05, 3.63) is 60.2 Å². The van der Waals surface area contributed by atoms with Crippen LogP contribution in [0.25, 0.3) is 11.1 Å². The Bertz CT molecular complexity index is 474. The average Bonchev–Trinajstić information content (AvgIpc) is 2.39. The van der Waals surface area contributed by atoms with Crippen LogP contribution in [-0.2, 0) is 0 Å². The minimum absolute atomic E-state index is 0.0230. The molecule has 2 atom stereocenters. The minimum atomic E-state index is 0.0230. The summed E-state index contributed by atoms with van der Waals surface area (Å²) in [5, 5.41) is 0. The highest BCUT2D eigenvalue weighted by molar-refractivity contribution is 5.63. The molecule has 0 amide bonds. The van der Waals surface area contributed by atoms with Crippen LogP contribution in [0.15, 0.2) is 54.6 Å². The van der Waals surface area contributed by atoms with Gasteiger partial charge in [0, 0.05) is 12.1 Å². The molecule has 0 fully saturated rings. The highest BCUT2D eigenvalue weighted by Gasteiger charge is 2.08. The molecule has 18 heavy (non-hydrogen) atoms. The van der Waals surface area contributed by atoms with Crippen molar-refractivity contribution in [1.82, 2.24) is 0 Å². The van der Waals surface area contributed by atoms with Crippen molar-refractivity contribution in [3.8, 4) is 11.1 Å². The van der Waals surface area contributed by atoms with Crippen molar-refractivity contribution in [3.63, 3.8) is 0 Å². The normalized spacial score (nSPS) is 14.2. The van der Waals surface area contributed by atoms with Crippen LogP contribution in [0.2, 0.25) is 0 Å². The Morgan fingerprint density at radius 1 is 0.833 bits per heavy atom. The molecule has 0 radical (unpaired) electrons. The first-order valence-corrected chi connectivity index (χ1v) is 6.33. The molecule has 94 valence electrons. The maximum Gasteiger partial charge on any atom is 0.0309 e. The van der Waals surface area contributed by atoms with Crippen molar-refractivity contribution in [2.45, 2.75) is 25.4 Å². The van der Waals surface area contributed by atoms with E-state index >= 15 is 0 Å². The van der Waals surface area contributed by atoms with Gasteiger partial charge in [0.05, 0.1) is 0 Å².